The minimum atomic E-state index is -0.643. The lowest BCUT2D eigenvalue weighted by Crippen LogP contribution is -1.95. The maximum absolute atomic E-state index is 11.2. The summed E-state index contributed by atoms with van der Waals surface area (Å²) in [5.41, 5.74) is 0.307. The van der Waals surface area contributed by atoms with Crippen molar-refractivity contribution in [1.82, 2.24) is 0 Å². The molecule has 0 N–H and O–H groups in total. The van der Waals surface area contributed by atoms with E-state index in [2.05, 4.69) is 0 Å². The zero-order chi connectivity index (χ0) is 11.7. The molecule has 0 amide bonds. The minimum Gasteiger partial charge on any atom is -0.428 e. The highest BCUT2D eigenvalue weighted by Crippen LogP contribution is 2.22. The van der Waals surface area contributed by atoms with Crippen LogP contribution in [-0.4, -0.2) is 10.9 Å². The molecule has 0 atom stereocenters. The van der Waals surface area contributed by atoms with Crippen molar-refractivity contribution < 1.29 is 18.9 Å². The molecule has 0 spiro atoms. The molecule has 1 aromatic rings. The predicted octanol–water partition coefficient (Wildman–Crippen LogP) is 2.03. The largest absolute Gasteiger partial charge is 0.433 e. The third kappa shape index (κ3) is 1.85. The van der Waals surface area contributed by atoms with Crippen molar-refractivity contribution >= 4 is 17.9 Å². The molecule has 6 nitrogen and oxygen atoms in total. The number of carbonyl (C=O) groups excluding carboxylic acids is 1. The molecule has 0 bridgehead atoms. The minimum absolute atomic E-state index is 0.240. The van der Waals surface area contributed by atoms with Crippen LogP contribution in [0.3, 0.4) is 0 Å². The molecule has 2 rings (SSSR count). The fraction of sp³-hybridized carbons (Fsp3) is 0.100. The number of hydrogen-bond donors (Lipinski definition) is 0. The van der Waals surface area contributed by atoms with Gasteiger partial charge >= 0.3 is 11.9 Å². The quantitative estimate of drug-likeness (QED) is 0.330. The third-order valence-electron chi connectivity index (χ3n) is 1.94. The molecular weight excluding hydrogens is 214 g/mol. The van der Waals surface area contributed by atoms with Gasteiger partial charge in [0.25, 0.3) is 0 Å². The molecule has 6 heteroatoms. The SMILES string of the molecule is CC1=C/C(=C/c2ccc([N+](=O)[O-])o2)C(=O)O1. The maximum Gasteiger partial charge on any atom is 0.433 e. The Kier molecular flexibility index (Phi) is 2.32. The fourth-order valence-electron chi connectivity index (χ4n) is 1.28. The molecule has 0 fully saturated rings. The van der Waals surface area contributed by atoms with Gasteiger partial charge in [-0.05, 0) is 25.1 Å². The normalized spacial score (nSPS) is 17.4. The van der Waals surface area contributed by atoms with E-state index >= 15 is 0 Å². The Labute approximate surface area is 90.0 Å². The van der Waals surface area contributed by atoms with Gasteiger partial charge in [0.05, 0.1) is 11.6 Å². The average Bonchev–Trinajstić information content (AvgIpc) is 2.75. The van der Waals surface area contributed by atoms with Crippen LogP contribution >= 0.6 is 0 Å². The van der Waals surface area contributed by atoms with E-state index in [1.807, 2.05) is 0 Å². The van der Waals surface area contributed by atoms with E-state index in [1.165, 1.54) is 24.3 Å². The van der Waals surface area contributed by atoms with Crippen molar-refractivity contribution in [1.29, 1.82) is 0 Å². The lowest BCUT2D eigenvalue weighted by molar-refractivity contribution is -0.402. The molecule has 1 aromatic heterocycles. The molecule has 0 saturated heterocycles. The first-order valence-electron chi connectivity index (χ1n) is 4.42. The number of allylic oxidation sites excluding steroid dienone is 1. The Bertz CT molecular complexity index is 523. The van der Waals surface area contributed by atoms with Crippen molar-refractivity contribution in [2.24, 2.45) is 0 Å². The van der Waals surface area contributed by atoms with Crippen LogP contribution in [0.2, 0.25) is 0 Å². The lowest BCUT2D eigenvalue weighted by Gasteiger charge is -1.91. The van der Waals surface area contributed by atoms with Crippen LogP contribution < -0.4 is 0 Å². The highest BCUT2D eigenvalue weighted by atomic mass is 16.6. The molecule has 2 heterocycles. The molecule has 82 valence electrons. The number of carbonyl (C=O) groups is 1. The zero-order valence-electron chi connectivity index (χ0n) is 8.30. The average molecular weight is 221 g/mol. The third-order valence-corrected chi connectivity index (χ3v) is 1.94. The van der Waals surface area contributed by atoms with Gasteiger partial charge in [0, 0.05) is 0 Å². The fourth-order valence-corrected chi connectivity index (χ4v) is 1.28. The van der Waals surface area contributed by atoms with Gasteiger partial charge in [0.1, 0.15) is 16.4 Å². The molecule has 0 aromatic carbocycles. The van der Waals surface area contributed by atoms with Crippen LogP contribution in [0.4, 0.5) is 5.88 Å². The molecule has 0 aliphatic carbocycles. The monoisotopic (exact) mass is 221 g/mol. The van der Waals surface area contributed by atoms with E-state index in [1.54, 1.807) is 6.92 Å². The highest BCUT2D eigenvalue weighted by molar-refractivity contribution is 5.99. The topological polar surface area (TPSA) is 82.6 Å². The summed E-state index contributed by atoms with van der Waals surface area (Å²) in [5, 5.41) is 10.4. The summed E-state index contributed by atoms with van der Waals surface area (Å²) in [6.45, 7) is 1.64. The van der Waals surface area contributed by atoms with Crippen molar-refractivity contribution in [2.75, 3.05) is 0 Å². The van der Waals surface area contributed by atoms with Gasteiger partial charge in [0.15, 0.2) is 0 Å². The van der Waals surface area contributed by atoms with E-state index in [0.29, 0.717) is 11.3 Å². The molecule has 1 aliphatic rings. The summed E-state index contributed by atoms with van der Waals surface area (Å²) in [6.07, 6.45) is 2.93. The second-order valence-corrected chi connectivity index (χ2v) is 3.18. The van der Waals surface area contributed by atoms with Gasteiger partial charge in [0.2, 0.25) is 0 Å². The Morgan fingerprint density at radius 2 is 2.19 bits per heavy atom. The maximum atomic E-state index is 11.2. The van der Waals surface area contributed by atoms with Crippen molar-refractivity contribution in [3.63, 3.8) is 0 Å². The number of cyclic esters (lactones) is 1. The predicted molar refractivity (Wildman–Crippen MR) is 53.2 cm³/mol. The smallest absolute Gasteiger partial charge is 0.428 e. The second-order valence-electron chi connectivity index (χ2n) is 3.18. The molecule has 0 unspecified atom stereocenters. The molecule has 16 heavy (non-hydrogen) atoms. The van der Waals surface area contributed by atoms with E-state index in [0.717, 1.165) is 0 Å². The van der Waals surface area contributed by atoms with Crippen molar-refractivity contribution in [3.8, 4) is 0 Å². The summed E-state index contributed by atoms with van der Waals surface area (Å²) >= 11 is 0. The number of nitrogens with zero attached hydrogens (tertiary/aromatic N) is 1. The van der Waals surface area contributed by atoms with Crippen LogP contribution in [0, 0.1) is 10.1 Å². The Hall–Kier alpha value is -2.37. The zero-order valence-corrected chi connectivity index (χ0v) is 8.30. The van der Waals surface area contributed by atoms with Crippen LogP contribution in [-0.2, 0) is 9.53 Å². The van der Waals surface area contributed by atoms with Gasteiger partial charge in [-0.3, -0.25) is 10.1 Å². The summed E-state index contributed by atoms with van der Waals surface area (Å²) < 4.78 is 9.66. The van der Waals surface area contributed by atoms with Crippen molar-refractivity contribution in [3.05, 3.63) is 45.4 Å². The highest BCUT2D eigenvalue weighted by Gasteiger charge is 2.19. The van der Waals surface area contributed by atoms with Gasteiger partial charge in [-0.25, -0.2) is 4.79 Å². The Balaban J connectivity index is 2.29. The van der Waals surface area contributed by atoms with Gasteiger partial charge in [-0.2, -0.15) is 0 Å². The summed E-state index contributed by atoms with van der Waals surface area (Å²) in [4.78, 5) is 20.9. The number of ether oxygens (including phenoxy) is 1. The number of nitro groups is 1. The number of hydrogen-bond acceptors (Lipinski definition) is 5. The first kappa shape index (κ1) is 10.2. The van der Waals surface area contributed by atoms with E-state index in [9.17, 15) is 14.9 Å². The number of esters is 1. The Morgan fingerprint density at radius 1 is 1.44 bits per heavy atom. The first-order valence-corrected chi connectivity index (χ1v) is 4.42. The first-order chi connectivity index (χ1) is 7.56. The standard InChI is InChI=1S/C10H7NO5/c1-6-4-7(10(12)15-6)5-8-2-3-9(16-8)11(13)14/h2-5H,1H3/b7-5-. The number of rotatable bonds is 2. The molecule has 0 saturated carbocycles. The van der Waals surface area contributed by atoms with Crippen LogP contribution in [0.15, 0.2) is 34.0 Å². The second kappa shape index (κ2) is 3.65. The Morgan fingerprint density at radius 3 is 2.69 bits per heavy atom. The van der Waals surface area contributed by atoms with Crippen LogP contribution in [0.25, 0.3) is 6.08 Å². The van der Waals surface area contributed by atoms with Crippen molar-refractivity contribution in [2.45, 2.75) is 6.92 Å². The summed E-state index contributed by atoms with van der Waals surface area (Å²) in [7, 11) is 0. The lowest BCUT2D eigenvalue weighted by atomic mass is 10.2. The van der Waals surface area contributed by atoms with Gasteiger partial charge in [-0.1, -0.05) is 0 Å². The summed E-state index contributed by atoms with van der Waals surface area (Å²) in [6, 6.07) is 2.64. The van der Waals surface area contributed by atoms with E-state index in [-0.39, 0.29) is 11.6 Å². The van der Waals surface area contributed by atoms with Crippen LogP contribution in [0.1, 0.15) is 12.7 Å². The van der Waals surface area contributed by atoms with E-state index in [4.69, 9.17) is 9.15 Å². The van der Waals surface area contributed by atoms with Crippen LogP contribution in [0.5, 0.6) is 0 Å². The van der Waals surface area contributed by atoms with E-state index < -0.39 is 10.9 Å². The summed E-state index contributed by atoms with van der Waals surface area (Å²) in [5.74, 6) is -0.127. The molecule has 0 radical (unpaired) electrons. The molecular formula is C10H7NO5. The number of furan rings is 1. The molecule has 1 aliphatic heterocycles. The van der Waals surface area contributed by atoms with Gasteiger partial charge in [-0.15, -0.1) is 0 Å². The van der Waals surface area contributed by atoms with Gasteiger partial charge < -0.3 is 9.15 Å².